The van der Waals surface area contributed by atoms with Gasteiger partial charge in [0, 0.05) is 5.56 Å². The standard InChI is InChI=1S/C11H10BrFN2O/c1-2-6-3-7(10(13)9(12)4-6)8-5-15-16-11(8)14/h3-5H,2,14H2,1H3. The third-order valence-electron chi connectivity index (χ3n) is 2.38. The van der Waals surface area contributed by atoms with E-state index in [4.69, 9.17) is 10.3 Å². The molecule has 0 amide bonds. The molecule has 0 atom stereocenters. The molecule has 3 nitrogen and oxygen atoms in total. The van der Waals surface area contributed by atoms with E-state index in [0.29, 0.717) is 15.6 Å². The number of benzene rings is 1. The maximum absolute atomic E-state index is 13.9. The van der Waals surface area contributed by atoms with Crippen LogP contribution in [0.4, 0.5) is 10.3 Å². The molecule has 0 aliphatic rings. The Bertz CT molecular complexity index is 525. The van der Waals surface area contributed by atoms with Crippen LogP contribution >= 0.6 is 15.9 Å². The van der Waals surface area contributed by atoms with Gasteiger partial charge in [-0.1, -0.05) is 12.1 Å². The van der Waals surface area contributed by atoms with Crippen LogP contribution in [0.3, 0.4) is 0 Å². The fourth-order valence-electron chi connectivity index (χ4n) is 1.50. The molecular formula is C11H10BrFN2O. The van der Waals surface area contributed by atoms with E-state index >= 15 is 0 Å². The average Bonchev–Trinajstić information content (AvgIpc) is 2.68. The van der Waals surface area contributed by atoms with Crippen molar-refractivity contribution in [3.05, 3.63) is 34.2 Å². The van der Waals surface area contributed by atoms with Gasteiger partial charge in [0.15, 0.2) is 0 Å². The Morgan fingerprint density at radius 1 is 1.44 bits per heavy atom. The Hall–Kier alpha value is -1.36. The summed E-state index contributed by atoms with van der Waals surface area (Å²) >= 11 is 3.18. The van der Waals surface area contributed by atoms with Gasteiger partial charge in [-0.2, -0.15) is 0 Å². The van der Waals surface area contributed by atoms with E-state index < -0.39 is 0 Å². The quantitative estimate of drug-likeness (QED) is 0.920. The molecule has 0 aliphatic carbocycles. The smallest absolute Gasteiger partial charge is 0.230 e. The summed E-state index contributed by atoms with van der Waals surface area (Å²) in [6, 6.07) is 3.51. The van der Waals surface area contributed by atoms with Crippen molar-refractivity contribution < 1.29 is 8.91 Å². The van der Waals surface area contributed by atoms with Crippen LogP contribution in [0.2, 0.25) is 0 Å². The van der Waals surface area contributed by atoms with Gasteiger partial charge in [0.2, 0.25) is 5.88 Å². The fraction of sp³-hybridized carbons (Fsp3) is 0.182. The molecule has 16 heavy (non-hydrogen) atoms. The highest BCUT2D eigenvalue weighted by atomic mass is 79.9. The number of aryl methyl sites for hydroxylation is 1. The highest BCUT2D eigenvalue weighted by Gasteiger charge is 2.15. The zero-order valence-corrected chi connectivity index (χ0v) is 10.2. The van der Waals surface area contributed by atoms with Crippen molar-refractivity contribution in [1.82, 2.24) is 5.16 Å². The highest BCUT2D eigenvalue weighted by Crippen LogP contribution is 2.32. The van der Waals surface area contributed by atoms with E-state index in [1.165, 1.54) is 6.20 Å². The average molecular weight is 285 g/mol. The normalized spacial score (nSPS) is 10.7. The first-order valence-electron chi connectivity index (χ1n) is 4.82. The van der Waals surface area contributed by atoms with Crippen molar-refractivity contribution in [3.8, 4) is 11.1 Å². The molecule has 2 rings (SSSR count). The number of aromatic nitrogens is 1. The fourth-order valence-corrected chi connectivity index (χ4v) is 2.00. The number of hydrogen-bond acceptors (Lipinski definition) is 3. The van der Waals surface area contributed by atoms with E-state index in [9.17, 15) is 4.39 Å². The summed E-state index contributed by atoms with van der Waals surface area (Å²) in [7, 11) is 0. The molecule has 1 aromatic carbocycles. The van der Waals surface area contributed by atoms with E-state index in [-0.39, 0.29) is 11.7 Å². The molecule has 0 aliphatic heterocycles. The van der Waals surface area contributed by atoms with Gasteiger partial charge >= 0.3 is 0 Å². The number of halogens is 2. The first-order chi connectivity index (χ1) is 7.63. The maximum atomic E-state index is 13.9. The molecule has 0 bridgehead atoms. The first-order valence-corrected chi connectivity index (χ1v) is 5.61. The maximum Gasteiger partial charge on any atom is 0.230 e. The van der Waals surface area contributed by atoms with E-state index in [2.05, 4.69) is 21.1 Å². The Balaban J connectivity index is 2.64. The Morgan fingerprint density at radius 3 is 2.75 bits per heavy atom. The van der Waals surface area contributed by atoms with Gasteiger partial charge < -0.3 is 10.3 Å². The molecule has 2 aromatic rings. The second-order valence-electron chi connectivity index (χ2n) is 3.40. The molecule has 0 fully saturated rings. The minimum absolute atomic E-state index is 0.124. The van der Waals surface area contributed by atoms with E-state index in [1.807, 2.05) is 6.92 Å². The summed E-state index contributed by atoms with van der Waals surface area (Å²) in [5.74, 6) is -0.230. The predicted molar refractivity (Wildman–Crippen MR) is 63.4 cm³/mol. The van der Waals surface area contributed by atoms with Crippen molar-refractivity contribution in [2.75, 3.05) is 5.73 Å². The molecule has 1 heterocycles. The lowest BCUT2D eigenvalue weighted by Gasteiger charge is -2.06. The summed E-state index contributed by atoms with van der Waals surface area (Å²) in [5.41, 5.74) is 7.48. The van der Waals surface area contributed by atoms with Crippen molar-refractivity contribution >= 4 is 21.8 Å². The summed E-state index contributed by atoms with van der Waals surface area (Å²) in [5, 5.41) is 3.54. The Morgan fingerprint density at radius 2 is 2.19 bits per heavy atom. The second-order valence-corrected chi connectivity index (χ2v) is 4.25. The Labute approximate surface area is 101 Å². The first kappa shape index (κ1) is 11.1. The molecule has 0 spiro atoms. The number of hydrogen-bond donors (Lipinski definition) is 1. The molecular weight excluding hydrogens is 275 g/mol. The van der Waals surface area contributed by atoms with Crippen LogP contribution in [-0.2, 0) is 6.42 Å². The molecule has 5 heteroatoms. The van der Waals surface area contributed by atoms with Gasteiger partial charge in [-0.15, -0.1) is 0 Å². The predicted octanol–water partition coefficient (Wildman–Crippen LogP) is 3.39. The van der Waals surface area contributed by atoms with Gasteiger partial charge in [-0.05, 0) is 40.0 Å². The minimum Gasteiger partial charge on any atom is -0.367 e. The molecule has 84 valence electrons. The number of nitrogen functional groups attached to an aromatic ring is 1. The number of anilines is 1. The van der Waals surface area contributed by atoms with Gasteiger partial charge in [0.25, 0.3) is 0 Å². The number of nitrogens with zero attached hydrogens (tertiary/aromatic N) is 1. The molecule has 0 radical (unpaired) electrons. The third kappa shape index (κ3) is 1.82. The summed E-state index contributed by atoms with van der Waals surface area (Å²) in [6.45, 7) is 2.00. The molecule has 0 saturated carbocycles. The summed E-state index contributed by atoms with van der Waals surface area (Å²) < 4.78 is 19.0. The minimum atomic E-state index is -0.355. The topological polar surface area (TPSA) is 52.0 Å². The summed E-state index contributed by atoms with van der Waals surface area (Å²) in [4.78, 5) is 0. The SMILES string of the molecule is CCc1cc(Br)c(F)c(-c2cnoc2N)c1. The van der Waals surface area contributed by atoms with Crippen molar-refractivity contribution in [3.63, 3.8) is 0 Å². The summed E-state index contributed by atoms with van der Waals surface area (Å²) in [6.07, 6.45) is 2.23. The van der Waals surface area contributed by atoms with E-state index in [0.717, 1.165) is 12.0 Å². The van der Waals surface area contributed by atoms with Crippen LogP contribution in [0.5, 0.6) is 0 Å². The van der Waals surface area contributed by atoms with Gasteiger partial charge in [0.05, 0.1) is 16.2 Å². The highest BCUT2D eigenvalue weighted by molar-refractivity contribution is 9.10. The lowest BCUT2D eigenvalue weighted by atomic mass is 10.0. The second kappa shape index (κ2) is 4.25. The Kier molecular flexibility index (Phi) is 2.96. The van der Waals surface area contributed by atoms with Crippen LogP contribution in [0.25, 0.3) is 11.1 Å². The lowest BCUT2D eigenvalue weighted by Crippen LogP contribution is -1.92. The van der Waals surface area contributed by atoms with Gasteiger partial charge in [-0.3, -0.25) is 0 Å². The van der Waals surface area contributed by atoms with Crippen LogP contribution < -0.4 is 5.73 Å². The van der Waals surface area contributed by atoms with E-state index in [1.54, 1.807) is 12.1 Å². The van der Waals surface area contributed by atoms with Crippen LogP contribution in [0, 0.1) is 5.82 Å². The van der Waals surface area contributed by atoms with Crippen LogP contribution in [0.1, 0.15) is 12.5 Å². The van der Waals surface area contributed by atoms with Gasteiger partial charge in [-0.25, -0.2) is 4.39 Å². The number of nitrogens with two attached hydrogens (primary N) is 1. The largest absolute Gasteiger partial charge is 0.367 e. The van der Waals surface area contributed by atoms with Crippen molar-refractivity contribution in [2.45, 2.75) is 13.3 Å². The zero-order chi connectivity index (χ0) is 11.7. The van der Waals surface area contributed by atoms with Gasteiger partial charge in [0.1, 0.15) is 5.82 Å². The molecule has 1 aromatic heterocycles. The van der Waals surface area contributed by atoms with Crippen molar-refractivity contribution in [2.24, 2.45) is 0 Å². The monoisotopic (exact) mass is 284 g/mol. The van der Waals surface area contributed by atoms with Crippen LogP contribution in [0.15, 0.2) is 27.3 Å². The van der Waals surface area contributed by atoms with Crippen LogP contribution in [-0.4, -0.2) is 5.16 Å². The van der Waals surface area contributed by atoms with Crippen molar-refractivity contribution in [1.29, 1.82) is 0 Å². The molecule has 0 saturated heterocycles. The third-order valence-corrected chi connectivity index (χ3v) is 2.96. The molecule has 2 N–H and O–H groups in total. The lowest BCUT2D eigenvalue weighted by molar-refractivity contribution is 0.436. The number of rotatable bonds is 2. The molecule has 0 unspecified atom stereocenters. The zero-order valence-electron chi connectivity index (χ0n) is 8.63.